The summed E-state index contributed by atoms with van der Waals surface area (Å²) < 4.78 is 11.3. The number of cyclic esters (lactones) is 1. The summed E-state index contributed by atoms with van der Waals surface area (Å²) in [6.45, 7) is 7.95. The number of esters is 1. The second-order valence-electron chi connectivity index (χ2n) is 11.0. The zero-order chi connectivity index (χ0) is 23.7. The Bertz CT molecular complexity index is 989. The summed E-state index contributed by atoms with van der Waals surface area (Å²) in [6.07, 6.45) is 4.55. The van der Waals surface area contributed by atoms with Gasteiger partial charge in [-0.2, -0.15) is 0 Å². The number of aliphatic hydroxyl groups is 2. The highest BCUT2D eigenvalue weighted by molar-refractivity contribution is 6.13. The number of ether oxygens (including phenoxy) is 2. The van der Waals surface area contributed by atoms with Gasteiger partial charge in [0.2, 0.25) is 5.78 Å². The van der Waals surface area contributed by atoms with Gasteiger partial charge in [-0.05, 0) is 61.9 Å². The molecule has 2 heterocycles. The first kappa shape index (κ1) is 22.7. The van der Waals surface area contributed by atoms with Gasteiger partial charge >= 0.3 is 5.97 Å². The number of nitrogens with zero attached hydrogens (tertiary/aromatic N) is 1. The van der Waals surface area contributed by atoms with Gasteiger partial charge in [0.1, 0.15) is 6.10 Å². The minimum atomic E-state index is -1.05. The highest BCUT2D eigenvalue weighted by Gasteiger charge is 2.63. The molecular weight excluding hydrogens is 422 g/mol. The topological polar surface area (TPSA) is 96.3 Å². The number of fused-ring (bicyclic) bond motifs is 4. The van der Waals surface area contributed by atoms with Crippen LogP contribution >= 0.6 is 0 Å². The number of rotatable bonds is 3. The largest absolute Gasteiger partial charge is 0.504 e. The SMILES string of the molecule is COCC1OC(=O)C(=CN2CCCC2)C2=C(O)C(=O)C3=C(C(O)CC4(C)C(C)CCC34)C21C. The Hall–Kier alpha value is -2.12. The molecule has 33 heavy (non-hydrogen) atoms. The van der Waals surface area contributed by atoms with E-state index in [2.05, 4.69) is 13.8 Å². The summed E-state index contributed by atoms with van der Waals surface area (Å²) in [5, 5.41) is 22.9. The standard InChI is InChI=1S/C26H35NO6/c1-14-7-8-16-19-21(17(28)11-25(14,16)2)26(3)18(13-32-4)33-24(31)15(12-27-9-5-6-10-27)20(26)23(30)22(19)29/h12,14,16-18,28,30H,5-11,13H2,1-4H3. The van der Waals surface area contributed by atoms with Crippen molar-refractivity contribution in [2.24, 2.45) is 22.7 Å². The number of aliphatic hydroxyl groups excluding tert-OH is 2. The van der Waals surface area contributed by atoms with Crippen molar-refractivity contribution in [1.82, 2.24) is 4.90 Å². The van der Waals surface area contributed by atoms with Crippen LogP contribution in [0.15, 0.2) is 34.3 Å². The maximum atomic E-state index is 13.7. The van der Waals surface area contributed by atoms with Crippen LogP contribution in [0.5, 0.6) is 0 Å². The fourth-order valence-electron chi connectivity index (χ4n) is 7.33. The summed E-state index contributed by atoms with van der Waals surface area (Å²) in [5.41, 5.74) is 0.380. The number of hydrogen-bond donors (Lipinski definition) is 2. The fraction of sp³-hybridized carbons (Fsp3) is 0.692. The van der Waals surface area contributed by atoms with E-state index in [-0.39, 0.29) is 34.8 Å². The van der Waals surface area contributed by atoms with Gasteiger partial charge in [0.15, 0.2) is 5.76 Å². The van der Waals surface area contributed by atoms with Crippen molar-refractivity contribution in [3.05, 3.63) is 34.3 Å². The summed E-state index contributed by atoms with van der Waals surface area (Å²) >= 11 is 0. The number of hydrogen-bond acceptors (Lipinski definition) is 7. The Labute approximate surface area is 195 Å². The van der Waals surface area contributed by atoms with Gasteiger partial charge in [-0.3, -0.25) is 4.79 Å². The molecule has 7 nitrogen and oxygen atoms in total. The van der Waals surface area contributed by atoms with Gasteiger partial charge in [-0.25, -0.2) is 4.79 Å². The second-order valence-corrected chi connectivity index (χ2v) is 11.0. The van der Waals surface area contributed by atoms with Crippen LogP contribution in [-0.4, -0.2) is 65.9 Å². The molecule has 6 atom stereocenters. The highest BCUT2D eigenvalue weighted by Crippen LogP contribution is 2.64. The van der Waals surface area contributed by atoms with Crippen molar-refractivity contribution in [2.75, 3.05) is 26.8 Å². The van der Waals surface area contributed by atoms with E-state index in [0.29, 0.717) is 23.5 Å². The molecule has 0 aromatic rings. The maximum absolute atomic E-state index is 13.7. The Kier molecular flexibility index (Phi) is 5.29. The summed E-state index contributed by atoms with van der Waals surface area (Å²) in [6, 6.07) is 0. The lowest BCUT2D eigenvalue weighted by Gasteiger charge is -2.53. The van der Waals surface area contributed by atoms with E-state index in [1.165, 1.54) is 7.11 Å². The number of methoxy groups -OCH3 is 1. The zero-order valence-corrected chi connectivity index (χ0v) is 20.0. The van der Waals surface area contributed by atoms with Gasteiger partial charge in [-0.15, -0.1) is 0 Å². The van der Waals surface area contributed by atoms with Gasteiger partial charge < -0.3 is 24.6 Å². The molecule has 7 heteroatoms. The first-order valence-electron chi connectivity index (χ1n) is 12.2. The van der Waals surface area contributed by atoms with E-state index in [1.54, 1.807) is 6.20 Å². The van der Waals surface area contributed by atoms with Crippen LogP contribution in [0.2, 0.25) is 0 Å². The van der Waals surface area contributed by atoms with E-state index in [4.69, 9.17) is 9.47 Å². The molecule has 1 saturated carbocycles. The third kappa shape index (κ3) is 3.01. The highest BCUT2D eigenvalue weighted by atomic mass is 16.6. The third-order valence-corrected chi connectivity index (χ3v) is 9.34. The summed E-state index contributed by atoms with van der Waals surface area (Å²) in [5.74, 6) is -1.06. The Balaban J connectivity index is 1.73. The fourth-order valence-corrected chi connectivity index (χ4v) is 7.33. The lowest BCUT2D eigenvalue weighted by molar-refractivity contribution is -0.157. The maximum Gasteiger partial charge on any atom is 0.340 e. The average Bonchev–Trinajstić information content (AvgIpc) is 3.37. The molecule has 2 saturated heterocycles. The summed E-state index contributed by atoms with van der Waals surface area (Å²) in [7, 11) is 1.53. The number of Topliss-reactive ketones (excluding diaryl/α,β-unsaturated/α-hetero) is 1. The molecule has 0 spiro atoms. The van der Waals surface area contributed by atoms with Crippen molar-refractivity contribution < 1.29 is 29.3 Å². The predicted molar refractivity (Wildman–Crippen MR) is 121 cm³/mol. The molecule has 3 fully saturated rings. The lowest BCUT2D eigenvalue weighted by atomic mass is 9.52. The Morgan fingerprint density at radius 3 is 2.58 bits per heavy atom. The molecule has 0 bridgehead atoms. The van der Waals surface area contributed by atoms with Gasteiger partial charge in [0.05, 0.1) is 23.7 Å². The summed E-state index contributed by atoms with van der Waals surface area (Å²) in [4.78, 5) is 28.9. The van der Waals surface area contributed by atoms with E-state index < -0.39 is 29.4 Å². The van der Waals surface area contributed by atoms with Crippen molar-refractivity contribution in [2.45, 2.75) is 65.1 Å². The van der Waals surface area contributed by atoms with Crippen molar-refractivity contribution >= 4 is 11.8 Å². The average molecular weight is 458 g/mol. The van der Waals surface area contributed by atoms with Crippen LogP contribution in [0.1, 0.15) is 52.9 Å². The van der Waals surface area contributed by atoms with E-state index in [9.17, 15) is 19.8 Å². The van der Waals surface area contributed by atoms with Crippen LogP contribution < -0.4 is 0 Å². The van der Waals surface area contributed by atoms with Crippen LogP contribution in [0.25, 0.3) is 0 Å². The monoisotopic (exact) mass is 457 g/mol. The first-order valence-corrected chi connectivity index (χ1v) is 12.2. The number of carbonyl (C=O) groups excluding carboxylic acids is 2. The molecule has 6 unspecified atom stereocenters. The minimum Gasteiger partial charge on any atom is -0.504 e. The molecule has 0 amide bonds. The van der Waals surface area contributed by atoms with Crippen LogP contribution in [0.3, 0.4) is 0 Å². The molecule has 2 aliphatic heterocycles. The number of ketones is 1. The number of carbonyl (C=O) groups is 2. The predicted octanol–water partition coefficient (Wildman–Crippen LogP) is 3.05. The Morgan fingerprint density at radius 2 is 1.91 bits per heavy atom. The van der Waals surface area contributed by atoms with Gasteiger partial charge in [0, 0.05) is 37.5 Å². The Morgan fingerprint density at radius 1 is 1.21 bits per heavy atom. The molecule has 0 radical (unpaired) electrons. The molecule has 180 valence electrons. The van der Waals surface area contributed by atoms with Crippen molar-refractivity contribution in [3.63, 3.8) is 0 Å². The number of allylic oxidation sites excluding steroid dienone is 1. The third-order valence-electron chi connectivity index (χ3n) is 9.34. The van der Waals surface area contributed by atoms with E-state index in [0.717, 1.165) is 38.8 Å². The van der Waals surface area contributed by atoms with Crippen LogP contribution in [0, 0.1) is 22.7 Å². The van der Waals surface area contributed by atoms with Crippen LogP contribution in [0.4, 0.5) is 0 Å². The van der Waals surface area contributed by atoms with Crippen molar-refractivity contribution in [1.29, 1.82) is 0 Å². The molecule has 0 aromatic carbocycles. The molecular formula is C26H35NO6. The molecule has 0 aromatic heterocycles. The zero-order valence-electron chi connectivity index (χ0n) is 20.0. The van der Waals surface area contributed by atoms with Gasteiger partial charge in [-0.1, -0.05) is 13.8 Å². The molecule has 5 rings (SSSR count). The van der Waals surface area contributed by atoms with E-state index in [1.807, 2.05) is 11.8 Å². The smallest absolute Gasteiger partial charge is 0.340 e. The minimum absolute atomic E-state index is 0.0363. The normalized spacial score (nSPS) is 42.0. The number of likely N-dealkylation sites (tertiary alicyclic amines) is 1. The van der Waals surface area contributed by atoms with E-state index >= 15 is 0 Å². The lowest BCUT2D eigenvalue weighted by Crippen LogP contribution is -2.56. The van der Waals surface area contributed by atoms with Gasteiger partial charge in [0.25, 0.3) is 0 Å². The molecule has 3 aliphatic carbocycles. The first-order chi connectivity index (χ1) is 15.6. The molecule has 2 N–H and O–H groups in total. The quantitative estimate of drug-likeness (QED) is 0.497. The molecule has 5 aliphatic rings. The van der Waals surface area contributed by atoms with Crippen LogP contribution in [-0.2, 0) is 19.1 Å². The second kappa shape index (κ2) is 7.70. The van der Waals surface area contributed by atoms with Crippen molar-refractivity contribution in [3.8, 4) is 0 Å².